The van der Waals surface area contributed by atoms with E-state index < -0.39 is 16.4 Å². The summed E-state index contributed by atoms with van der Waals surface area (Å²) in [7, 11) is 0. The molecule has 2 atom stereocenters. The maximum Gasteiger partial charge on any atom is 0.313 e. The number of para-hydroxylation sites is 1. The van der Waals surface area contributed by atoms with Gasteiger partial charge in [0.15, 0.2) is 5.60 Å². The van der Waals surface area contributed by atoms with E-state index in [1.54, 1.807) is 6.20 Å². The van der Waals surface area contributed by atoms with Crippen molar-refractivity contribution in [3.63, 3.8) is 0 Å². The number of pyridine rings is 1. The first-order valence-corrected chi connectivity index (χ1v) is 8.20. The Morgan fingerprint density at radius 2 is 1.92 bits per heavy atom. The van der Waals surface area contributed by atoms with Crippen molar-refractivity contribution in [3.05, 3.63) is 36.5 Å². The van der Waals surface area contributed by atoms with Gasteiger partial charge in [0.25, 0.3) is 5.91 Å². The van der Waals surface area contributed by atoms with Crippen LogP contribution in [0.2, 0.25) is 0 Å². The summed E-state index contributed by atoms with van der Waals surface area (Å²) in [5, 5.41) is 3.91. The summed E-state index contributed by atoms with van der Waals surface area (Å²) in [5.41, 5.74) is -0.913. The summed E-state index contributed by atoms with van der Waals surface area (Å²) in [6, 6.07) is 9.45. The summed E-state index contributed by atoms with van der Waals surface area (Å²) < 4.78 is 5.64. The van der Waals surface area contributed by atoms with Gasteiger partial charge in [0.1, 0.15) is 0 Å². The van der Waals surface area contributed by atoms with Crippen LogP contribution in [0.25, 0.3) is 10.9 Å². The maximum absolute atomic E-state index is 13.1. The third-order valence-electron chi connectivity index (χ3n) is 6.33. The van der Waals surface area contributed by atoms with Gasteiger partial charge in [-0.1, -0.05) is 32.0 Å². The molecule has 0 radical (unpaired) electrons. The zero-order chi connectivity index (χ0) is 17.2. The zero-order valence-electron chi connectivity index (χ0n) is 14.1. The number of carbonyl (C=O) groups is 2. The van der Waals surface area contributed by atoms with Crippen molar-refractivity contribution in [2.75, 3.05) is 5.32 Å². The second-order valence-electron chi connectivity index (χ2n) is 7.51. The van der Waals surface area contributed by atoms with E-state index in [4.69, 9.17) is 4.74 Å². The average Bonchev–Trinajstić information content (AvgIpc) is 2.85. The number of carbonyl (C=O) groups excluding carboxylic acids is 2. The quantitative estimate of drug-likeness (QED) is 0.861. The predicted octanol–water partition coefficient (Wildman–Crippen LogP) is 3.30. The number of hydrogen-bond acceptors (Lipinski definition) is 4. The lowest BCUT2D eigenvalue weighted by Gasteiger charge is -2.35. The molecule has 0 spiro atoms. The average molecular weight is 324 g/mol. The number of ether oxygens (including phenoxy) is 1. The van der Waals surface area contributed by atoms with Crippen molar-refractivity contribution in [3.8, 4) is 0 Å². The molecule has 5 nitrogen and oxygen atoms in total. The summed E-state index contributed by atoms with van der Waals surface area (Å²) in [5.74, 6) is -0.537. The van der Waals surface area contributed by atoms with Gasteiger partial charge >= 0.3 is 5.97 Å². The van der Waals surface area contributed by atoms with Crippen LogP contribution in [0.4, 0.5) is 5.69 Å². The number of nitrogens with zero attached hydrogens (tertiary/aromatic N) is 1. The van der Waals surface area contributed by atoms with Crippen molar-refractivity contribution in [2.24, 2.45) is 10.8 Å². The SMILES string of the molecule is CC1(C)[C@@]2(C)CC[C@@]1(C(=O)Nc1cccc3cccnc13)OC2=O. The number of aromatic nitrogens is 1. The summed E-state index contributed by atoms with van der Waals surface area (Å²) in [4.78, 5) is 29.8. The van der Waals surface area contributed by atoms with Crippen molar-refractivity contribution in [1.82, 2.24) is 4.98 Å². The lowest BCUT2D eigenvalue weighted by Crippen LogP contribution is -2.50. The molecule has 1 aromatic heterocycles. The second kappa shape index (κ2) is 4.56. The molecule has 1 saturated carbocycles. The van der Waals surface area contributed by atoms with Gasteiger partial charge in [-0.15, -0.1) is 0 Å². The fraction of sp³-hybridized carbons (Fsp3) is 0.421. The molecule has 124 valence electrons. The molecule has 4 rings (SSSR count). The molecule has 1 aliphatic carbocycles. The third kappa shape index (κ3) is 1.62. The van der Waals surface area contributed by atoms with Gasteiger partial charge in [-0.25, -0.2) is 0 Å². The molecule has 24 heavy (non-hydrogen) atoms. The van der Waals surface area contributed by atoms with E-state index in [1.807, 2.05) is 51.1 Å². The number of esters is 1. The van der Waals surface area contributed by atoms with Crippen LogP contribution in [0, 0.1) is 10.8 Å². The van der Waals surface area contributed by atoms with E-state index in [-0.39, 0.29) is 11.9 Å². The zero-order valence-corrected chi connectivity index (χ0v) is 14.1. The molecule has 1 amide bonds. The Labute approximate surface area is 140 Å². The maximum atomic E-state index is 13.1. The number of anilines is 1. The van der Waals surface area contributed by atoms with Gasteiger partial charge in [-0.2, -0.15) is 0 Å². The van der Waals surface area contributed by atoms with Gasteiger partial charge in [-0.3, -0.25) is 14.6 Å². The molecule has 1 N–H and O–H groups in total. The van der Waals surface area contributed by atoms with Crippen molar-refractivity contribution < 1.29 is 14.3 Å². The van der Waals surface area contributed by atoms with Crippen molar-refractivity contribution in [2.45, 2.75) is 39.2 Å². The first kappa shape index (κ1) is 15.1. The highest BCUT2D eigenvalue weighted by atomic mass is 16.6. The molecule has 1 saturated heterocycles. The summed E-state index contributed by atoms with van der Waals surface area (Å²) >= 11 is 0. The van der Waals surface area contributed by atoms with Crippen molar-refractivity contribution in [1.29, 1.82) is 0 Å². The lowest BCUT2D eigenvalue weighted by molar-refractivity contribution is -0.165. The monoisotopic (exact) mass is 324 g/mol. The number of nitrogens with one attached hydrogen (secondary N) is 1. The second-order valence-corrected chi connectivity index (χ2v) is 7.51. The van der Waals surface area contributed by atoms with Gasteiger partial charge in [0, 0.05) is 17.0 Å². The molecular weight excluding hydrogens is 304 g/mol. The first-order chi connectivity index (χ1) is 11.3. The lowest BCUT2D eigenvalue weighted by atomic mass is 9.66. The predicted molar refractivity (Wildman–Crippen MR) is 90.3 cm³/mol. The minimum atomic E-state index is -1.12. The highest BCUT2D eigenvalue weighted by Gasteiger charge is 2.75. The number of rotatable bonds is 2. The standard InChI is InChI=1S/C19H20N2O3/c1-17(2)18(3)9-10-19(17,24-16(18)23)15(22)21-13-8-4-6-12-7-5-11-20-14(12)13/h4-8,11H,9-10H2,1-3H3,(H,21,22)/t18-,19-/m0/s1. The van der Waals surface area contributed by atoms with Gasteiger partial charge in [0.05, 0.1) is 16.6 Å². The normalized spacial score (nSPS) is 30.4. The van der Waals surface area contributed by atoms with Crippen LogP contribution < -0.4 is 5.32 Å². The molecular formula is C19H20N2O3. The van der Waals surface area contributed by atoms with E-state index in [2.05, 4.69) is 10.3 Å². The van der Waals surface area contributed by atoms with Crippen LogP contribution >= 0.6 is 0 Å². The fourth-order valence-corrected chi connectivity index (χ4v) is 4.18. The molecule has 1 aliphatic heterocycles. The Hall–Kier alpha value is -2.43. The molecule has 2 aliphatic rings. The van der Waals surface area contributed by atoms with Crippen LogP contribution in [0.1, 0.15) is 33.6 Å². The molecule has 5 heteroatoms. The number of amides is 1. The number of fused-ring (bicyclic) bond motifs is 3. The minimum Gasteiger partial charge on any atom is -0.448 e. The fourth-order valence-electron chi connectivity index (χ4n) is 4.18. The van der Waals surface area contributed by atoms with E-state index in [0.29, 0.717) is 18.5 Å². The van der Waals surface area contributed by atoms with Crippen molar-refractivity contribution >= 4 is 28.5 Å². The van der Waals surface area contributed by atoms with Gasteiger partial charge < -0.3 is 10.1 Å². The molecule has 2 bridgehead atoms. The van der Waals surface area contributed by atoms with E-state index in [1.165, 1.54) is 0 Å². The highest BCUT2D eigenvalue weighted by molar-refractivity contribution is 6.07. The molecule has 2 aromatic rings. The van der Waals surface area contributed by atoms with E-state index in [9.17, 15) is 9.59 Å². The number of benzene rings is 1. The Morgan fingerprint density at radius 3 is 2.58 bits per heavy atom. The smallest absolute Gasteiger partial charge is 0.313 e. The highest BCUT2D eigenvalue weighted by Crippen LogP contribution is 2.65. The summed E-state index contributed by atoms with van der Waals surface area (Å²) in [6.45, 7) is 5.80. The molecule has 1 aromatic carbocycles. The topological polar surface area (TPSA) is 68.3 Å². The largest absolute Gasteiger partial charge is 0.448 e. The molecule has 0 unspecified atom stereocenters. The van der Waals surface area contributed by atoms with Gasteiger partial charge in [0.2, 0.25) is 0 Å². The van der Waals surface area contributed by atoms with Crippen LogP contribution in [0.15, 0.2) is 36.5 Å². The van der Waals surface area contributed by atoms with Crippen LogP contribution in [0.3, 0.4) is 0 Å². The Balaban J connectivity index is 1.74. The Kier molecular flexibility index (Phi) is 2.87. The van der Waals surface area contributed by atoms with E-state index >= 15 is 0 Å². The number of hydrogen-bond donors (Lipinski definition) is 1. The Morgan fingerprint density at radius 1 is 1.17 bits per heavy atom. The van der Waals surface area contributed by atoms with Crippen LogP contribution in [-0.4, -0.2) is 22.5 Å². The third-order valence-corrected chi connectivity index (χ3v) is 6.33. The minimum absolute atomic E-state index is 0.264. The molecule has 2 heterocycles. The Bertz CT molecular complexity index is 871. The summed E-state index contributed by atoms with van der Waals surface area (Å²) in [6.07, 6.45) is 2.91. The van der Waals surface area contributed by atoms with Gasteiger partial charge in [-0.05, 0) is 31.9 Å². The molecule has 2 fully saturated rings. The van der Waals surface area contributed by atoms with E-state index in [0.717, 1.165) is 10.9 Å². The first-order valence-electron chi connectivity index (χ1n) is 8.20. The van der Waals surface area contributed by atoms with Crippen LogP contribution in [-0.2, 0) is 14.3 Å². The van der Waals surface area contributed by atoms with Crippen LogP contribution in [0.5, 0.6) is 0 Å².